The highest BCUT2D eigenvalue weighted by molar-refractivity contribution is 7.18. The molecule has 1 amide bonds. The van der Waals surface area contributed by atoms with Gasteiger partial charge in [0.05, 0.1) is 11.7 Å². The molecule has 0 saturated carbocycles. The van der Waals surface area contributed by atoms with Gasteiger partial charge in [-0.05, 0) is 50.8 Å². The fourth-order valence-corrected chi connectivity index (χ4v) is 4.75. The second kappa shape index (κ2) is 6.93. The van der Waals surface area contributed by atoms with Crippen LogP contribution in [0.2, 0.25) is 0 Å². The summed E-state index contributed by atoms with van der Waals surface area (Å²) in [5.74, 6) is 0.0602. The monoisotopic (exact) mass is 381 g/mol. The molecule has 5 nitrogen and oxygen atoms in total. The molecule has 6 heteroatoms. The third kappa shape index (κ3) is 3.18. The van der Waals surface area contributed by atoms with Gasteiger partial charge in [0.25, 0.3) is 5.56 Å². The molecule has 0 bridgehead atoms. The highest BCUT2D eigenvalue weighted by atomic mass is 32.1. The van der Waals surface area contributed by atoms with E-state index in [4.69, 9.17) is 0 Å². The van der Waals surface area contributed by atoms with E-state index in [0.717, 1.165) is 40.3 Å². The van der Waals surface area contributed by atoms with Gasteiger partial charge in [-0.1, -0.05) is 17.7 Å². The van der Waals surface area contributed by atoms with Crippen LogP contribution in [-0.4, -0.2) is 22.0 Å². The number of aromatic nitrogens is 2. The third-order valence-electron chi connectivity index (χ3n) is 5.38. The van der Waals surface area contributed by atoms with E-state index in [1.54, 1.807) is 22.2 Å². The van der Waals surface area contributed by atoms with Crippen molar-refractivity contribution >= 4 is 33.1 Å². The SMILES string of the molecule is Cc1ccc2c(c1)CCCN2C(=O)CCn1cnc2sc(C)c(C)c2c1=O. The van der Waals surface area contributed by atoms with Gasteiger partial charge < -0.3 is 4.90 Å². The van der Waals surface area contributed by atoms with Gasteiger partial charge >= 0.3 is 0 Å². The van der Waals surface area contributed by atoms with Gasteiger partial charge in [0.15, 0.2) is 0 Å². The summed E-state index contributed by atoms with van der Waals surface area (Å²) in [7, 11) is 0. The minimum Gasteiger partial charge on any atom is -0.312 e. The maximum Gasteiger partial charge on any atom is 0.262 e. The summed E-state index contributed by atoms with van der Waals surface area (Å²) in [6.07, 6.45) is 3.85. The lowest BCUT2D eigenvalue weighted by atomic mass is 9.99. The standard InChI is InChI=1S/C21H23N3O2S/c1-13-6-7-17-16(11-13)5-4-9-24(17)18(25)8-10-23-12-22-20-19(21(23)26)14(2)15(3)27-20/h6-7,11-12H,4-5,8-10H2,1-3H3. The normalized spacial score (nSPS) is 13.8. The molecular formula is C21H23N3O2S. The summed E-state index contributed by atoms with van der Waals surface area (Å²) in [6, 6.07) is 6.26. The van der Waals surface area contributed by atoms with Crippen LogP contribution in [0.25, 0.3) is 10.2 Å². The van der Waals surface area contributed by atoms with Crippen molar-refractivity contribution in [1.29, 1.82) is 0 Å². The van der Waals surface area contributed by atoms with Crippen LogP contribution >= 0.6 is 11.3 Å². The van der Waals surface area contributed by atoms with Crippen molar-refractivity contribution in [3.63, 3.8) is 0 Å². The van der Waals surface area contributed by atoms with Crippen LogP contribution in [0, 0.1) is 20.8 Å². The molecule has 140 valence electrons. The average Bonchev–Trinajstić information content (AvgIpc) is 2.95. The van der Waals surface area contributed by atoms with Gasteiger partial charge in [-0.3, -0.25) is 14.2 Å². The number of fused-ring (bicyclic) bond motifs is 2. The molecular weight excluding hydrogens is 358 g/mol. The predicted octanol–water partition coefficient (Wildman–Crippen LogP) is 3.75. The molecule has 4 rings (SSSR count). The molecule has 0 saturated heterocycles. The Morgan fingerprint density at radius 2 is 2.07 bits per heavy atom. The Hall–Kier alpha value is -2.47. The lowest BCUT2D eigenvalue weighted by Crippen LogP contribution is -2.36. The highest BCUT2D eigenvalue weighted by Crippen LogP contribution is 2.29. The minimum absolute atomic E-state index is 0.0516. The first kappa shape index (κ1) is 17.9. The molecule has 0 atom stereocenters. The van der Waals surface area contributed by atoms with Crippen LogP contribution in [-0.2, 0) is 17.8 Å². The van der Waals surface area contributed by atoms with Gasteiger partial charge in [0.2, 0.25) is 5.91 Å². The second-order valence-electron chi connectivity index (χ2n) is 7.24. The van der Waals surface area contributed by atoms with E-state index in [-0.39, 0.29) is 11.5 Å². The Bertz CT molecular complexity index is 1100. The van der Waals surface area contributed by atoms with Crippen LogP contribution in [0.5, 0.6) is 0 Å². The number of thiophene rings is 1. The summed E-state index contributed by atoms with van der Waals surface area (Å²) >= 11 is 1.54. The summed E-state index contributed by atoms with van der Waals surface area (Å²) in [5, 5.41) is 0.686. The summed E-state index contributed by atoms with van der Waals surface area (Å²) in [4.78, 5) is 33.8. The first-order valence-corrected chi connectivity index (χ1v) is 10.1. The largest absolute Gasteiger partial charge is 0.312 e. The number of benzene rings is 1. The first-order chi connectivity index (χ1) is 13.0. The molecule has 3 aromatic rings. The van der Waals surface area contributed by atoms with E-state index in [1.165, 1.54) is 11.1 Å². The van der Waals surface area contributed by atoms with Gasteiger partial charge in [-0.2, -0.15) is 0 Å². The van der Waals surface area contributed by atoms with E-state index in [1.807, 2.05) is 24.8 Å². The number of rotatable bonds is 3. The quantitative estimate of drug-likeness (QED) is 0.694. The molecule has 0 radical (unpaired) electrons. The number of carbonyl (C=O) groups excluding carboxylic acids is 1. The molecule has 0 aliphatic carbocycles. The molecule has 1 aromatic carbocycles. The van der Waals surface area contributed by atoms with E-state index in [9.17, 15) is 9.59 Å². The van der Waals surface area contributed by atoms with Crippen LogP contribution in [0.1, 0.15) is 34.4 Å². The van der Waals surface area contributed by atoms with Crippen molar-refractivity contribution in [3.8, 4) is 0 Å². The Morgan fingerprint density at radius 3 is 2.89 bits per heavy atom. The lowest BCUT2D eigenvalue weighted by Gasteiger charge is -2.30. The zero-order chi connectivity index (χ0) is 19.1. The van der Waals surface area contributed by atoms with Crippen molar-refractivity contribution < 1.29 is 4.79 Å². The van der Waals surface area contributed by atoms with Crippen LogP contribution in [0.4, 0.5) is 5.69 Å². The third-order valence-corrected chi connectivity index (χ3v) is 6.49. The number of carbonyl (C=O) groups is 1. The molecule has 3 heterocycles. The summed E-state index contributed by atoms with van der Waals surface area (Å²) in [6.45, 7) is 7.13. The molecule has 0 N–H and O–H groups in total. The molecule has 1 aliphatic heterocycles. The molecule has 2 aromatic heterocycles. The van der Waals surface area contributed by atoms with Crippen molar-refractivity contribution in [1.82, 2.24) is 9.55 Å². The number of hydrogen-bond donors (Lipinski definition) is 0. The molecule has 0 fully saturated rings. The topological polar surface area (TPSA) is 55.2 Å². The van der Waals surface area contributed by atoms with Gasteiger partial charge in [0, 0.05) is 30.1 Å². The Kier molecular flexibility index (Phi) is 4.60. The average molecular weight is 382 g/mol. The van der Waals surface area contributed by atoms with Gasteiger partial charge in [0.1, 0.15) is 4.83 Å². The zero-order valence-electron chi connectivity index (χ0n) is 15.9. The van der Waals surface area contributed by atoms with Gasteiger partial charge in [-0.25, -0.2) is 4.98 Å². The number of amides is 1. The summed E-state index contributed by atoms with van der Waals surface area (Å²) < 4.78 is 1.57. The molecule has 0 spiro atoms. The number of anilines is 1. The van der Waals surface area contributed by atoms with E-state index < -0.39 is 0 Å². The Labute approximate surface area is 162 Å². The fourth-order valence-electron chi connectivity index (χ4n) is 3.77. The lowest BCUT2D eigenvalue weighted by molar-refractivity contribution is -0.118. The first-order valence-electron chi connectivity index (χ1n) is 9.30. The van der Waals surface area contributed by atoms with Gasteiger partial charge in [-0.15, -0.1) is 11.3 Å². The van der Waals surface area contributed by atoms with Crippen LogP contribution in [0.15, 0.2) is 29.3 Å². The maximum atomic E-state index is 12.9. The predicted molar refractivity (Wildman–Crippen MR) is 110 cm³/mol. The van der Waals surface area contributed by atoms with Crippen LogP contribution in [0.3, 0.4) is 0 Å². The Balaban J connectivity index is 1.56. The van der Waals surface area contributed by atoms with Crippen molar-refractivity contribution in [2.24, 2.45) is 0 Å². The van der Waals surface area contributed by atoms with E-state index in [0.29, 0.717) is 18.4 Å². The van der Waals surface area contributed by atoms with Crippen molar-refractivity contribution in [2.75, 3.05) is 11.4 Å². The van der Waals surface area contributed by atoms with E-state index >= 15 is 0 Å². The maximum absolute atomic E-state index is 12.9. The Morgan fingerprint density at radius 1 is 1.26 bits per heavy atom. The molecule has 0 unspecified atom stereocenters. The molecule has 1 aliphatic rings. The second-order valence-corrected chi connectivity index (χ2v) is 8.44. The number of nitrogens with zero attached hydrogens (tertiary/aromatic N) is 3. The fraction of sp³-hybridized carbons (Fsp3) is 0.381. The van der Waals surface area contributed by atoms with E-state index in [2.05, 4.69) is 24.0 Å². The summed E-state index contributed by atoms with van der Waals surface area (Å²) in [5.41, 5.74) is 4.41. The minimum atomic E-state index is -0.0516. The van der Waals surface area contributed by atoms with Crippen molar-refractivity contribution in [2.45, 2.75) is 46.6 Å². The number of aryl methyl sites for hydroxylation is 5. The zero-order valence-corrected chi connectivity index (χ0v) is 16.7. The number of hydrogen-bond acceptors (Lipinski definition) is 4. The smallest absolute Gasteiger partial charge is 0.262 e. The highest BCUT2D eigenvalue weighted by Gasteiger charge is 2.22. The van der Waals surface area contributed by atoms with Crippen molar-refractivity contribution in [3.05, 3.63) is 56.4 Å². The molecule has 27 heavy (non-hydrogen) atoms. The van der Waals surface area contributed by atoms with Crippen LogP contribution < -0.4 is 10.5 Å².